The van der Waals surface area contributed by atoms with E-state index in [1.165, 1.54) is 6.33 Å². The van der Waals surface area contributed by atoms with Crippen molar-refractivity contribution in [1.29, 1.82) is 0 Å². The predicted molar refractivity (Wildman–Crippen MR) is 52.8 cm³/mol. The van der Waals surface area contributed by atoms with Crippen molar-refractivity contribution < 1.29 is 5.11 Å². The maximum absolute atomic E-state index is 9.59. The van der Waals surface area contributed by atoms with Gasteiger partial charge in [-0.05, 0) is 6.92 Å². The van der Waals surface area contributed by atoms with Crippen LogP contribution in [0.3, 0.4) is 0 Å². The molecule has 3 N–H and O–H groups in total. The summed E-state index contributed by atoms with van der Waals surface area (Å²) in [6, 6.07) is 0. The van der Waals surface area contributed by atoms with E-state index in [-0.39, 0.29) is 0 Å². The van der Waals surface area contributed by atoms with Gasteiger partial charge in [0.1, 0.15) is 12.1 Å². The van der Waals surface area contributed by atoms with E-state index in [0.29, 0.717) is 19.6 Å². The van der Waals surface area contributed by atoms with E-state index < -0.39 is 5.60 Å². The molecule has 0 aliphatic carbocycles. The average molecular weight is 194 g/mol. The highest BCUT2D eigenvalue weighted by Gasteiger charge is 2.37. The first kappa shape index (κ1) is 9.36. The Bertz CT molecular complexity index is 331. The second-order valence-corrected chi connectivity index (χ2v) is 3.93. The van der Waals surface area contributed by atoms with Crippen LogP contribution in [-0.2, 0) is 6.54 Å². The Morgan fingerprint density at radius 1 is 1.64 bits per heavy atom. The lowest BCUT2D eigenvalue weighted by molar-refractivity contribution is 0.0304. The molecule has 5 heteroatoms. The lowest BCUT2D eigenvalue weighted by atomic mass is 9.96. The van der Waals surface area contributed by atoms with Crippen molar-refractivity contribution in [2.24, 2.45) is 5.73 Å². The van der Waals surface area contributed by atoms with Crippen molar-refractivity contribution in [2.45, 2.75) is 19.1 Å². The fourth-order valence-electron chi connectivity index (χ4n) is 1.71. The van der Waals surface area contributed by atoms with Crippen LogP contribution in [0.1, 0.15) is 12.5 Å². The Balaban J connectivity index is 2.18. The lowest BCUT2D eigenvalue weighted by Gasteiger charge is -2.45. The minimum absolute atomic E-state index is 0.425. The Kier molecular flexibility index (Phi) is 2.13. The molecule has 5 nitrogen and oxygen atoms in total. The number of anilines is 1. The van der Waals surface area contributed by atoms with Crippen molar-refractivity contribution in [2.75, 3.05) is 18.0 Å². The zero-order valence-electron chi connectivity index (χ0n) is 8.14. The normalized spacial score (nSPS) is 19.2. The molecule has 1 saturated heterocycles. The summed E-state index contributed by atoms with van der Waals surface area (Å²) < 4.78 is 0. The highest BCUT2D eigenvalue weighted by atomic mass is 16.3. The van der Waals surface area contributed by atoms with Crippen molar-refractivity contribution in [3.05, 3.63) is 18.1 Å². The van der Waals surface area contributed by atoms with E-state index in [4.69, 9.17) is 5.73 Å². The van der Waals surface area contributed by atoms with Gasteiger partial charge in [0.2, 0.25) is 0 Å². The van der Waals surface area contributed by atoms with Gasteiger partial charge in [-0.15, -0.1) is 0 Å². The van der Waals surface area contributed by atoms with E-state index >= 15 is 0 Å². The van der Waals surface area contributed by atoms with Crippen LogP contribution in [0.25, 0.3) is 0 Å². The fourth-order valence-corrected chi connectivity index (χ4v) is 1.71. The van der Waals surface area contributed by atoms with Crippen LogP contribution in [0.4, 0.5) is 5.82 Å². The molecule has 2 heterocycles. The molecule has 14 heavy (non-hydrogen) atoms. The predicted octanol–water partition coefficient (Wildman–Crippen LogP) is -0.494. The molecule has 0 amide bonds. The quantitative estimate of drug-likeness (QED) is 0.664. The Labute approximate surface area is 82.6 Å². The van der Waals surface area contributed by atoms with Gasteiger partial charge >= 0.3 is 0 Å². The van der Waals surface area contributed by atoms with Crippen molar-refractivity contribution in [3.8, 4) is 0 Å². The average Bonchev–Trinajstić information content (AvgIpc) is 2.14. The van der Waals surface area contributed by atoms with Gasteiger partial charge in [0, 0.05) is 31.4 Å². The van der Waals surface area contributed by atoms with Gasteiger partial charge in [-0.3, -0.25) is 0 Å². The van der Waals surface area contributed by atoms with Gasteiger partial charge < -0.3 is 15.7 Å². The summed E-state index contributed by atoms with van der Waals surface area (Å²) in [6.45, 7) is 3.45. The van der Waals surface area contributed by atoms with Crippen LogP contribution in [0.15, 0.2) is 12.5 Å². The third-order valence-electron chi connectivity index (χ3n) is 2.35. The molecule has 0 atom stereocenters. The van der Waals surface area contributed by atoms with E-state index in [2.05, 4.69) is 9.97 Å². The first-order valence-electron chi connectivity index (χ1n) is 4.59. The van der Waals surface area contributed by atoms with E-state index in [0.717, 1.165) is 11.4 Å². The summed E-state index contributed by atoms with van der Waals surface area (Å²) in [5, 5.41) is 9.59. The standard InChI is InChI=1S/C9H14N4O/c1-9(14)4-13(5-9)8-7(2-10)3-11-6-12-8/h3,6,14H,2,4-5,10H2,1H3. The summed E-state index contributed by atoms with van der Waals surface area (Å²) >= 11 is 0. The molecule has 76 valence electrons. The van der Waals surface area contributed by atoms with Crippen molar-refractivity contribution in [3.63, 3.8) is 0 Å². The van der Waals surface area contributed by atoms with Crippen LogP contribution in [0.2, 0.25) is 0 Å². The van der Waals surface area contributed by atoms with E-state index in [1.807, 2.05) is 11.8 Å². The molecular formula is C9H14N4O. The molecule has 1 aliphatic rings. The first-order valence-corrected chi connectivity index (χ1v) is 4.59. The number of nitrogens with zero attached hydrogens (tertiary/aromatic N) is 3. The van der Waals surface area contributed by atoms with Crippen LogP contribution in [-0.4, -0.2) is 33.8 Å². The molecule has 0 bridgehead atoms. The number of hydrogen-bond acceptors (Lipinski definition) is 5. The third-order valence-corrected chi connectivity index (χ3v) is 2.35. The van der Waals surface area contributed by atoms with Crippen molar-refractivity contribution >= 4 is 5.82 Å². The van der Waals surface area contributed by atoms with E-state index in [9.17, 15) is 5.11 Å². The highest BCUT2D eigenvalue weighted by molar-refractivity contribution is 5.49. The Morgan fingerprint density at radius 2 is 2.36 bits per heavy atom. The van der Waals surface area contributed by atoms with Gasteiger partial charge in [0.05, 0.1) is 5.60 Å². The SMILES string of the molecule is CC1(O)CN(c2ncncc2CN)C1. The molecule has 1 aromatic heterocycles. The number of aliphatic hydroxyl groups is 1. The molecule has 1 fully saturated rings. The molecular weight excluding hydrogens is 180 g/mol. The number of nitrogens with two attached hydrogens (primary N) is 1. The van der Waals surface area contributed by atoms with Gasteiger partial charge in [-0.2, -0.15) is 0 Å². The summed E-state index contributed by atoms with van der Waals surface area (Å²) in [6.07, 6.45) is 3.22. The Morgan fingerprint density at radius 3 is 2.93 bits per heavy atom. The van der Waals surface area contributed by atoms with Crippen LogP contribution in [0, 0.1) is 0 Å². The number of hydrogen-bond donors (Lipinski definition) is 2. The van der Waals surface area contributed by atoms with Crippen molar-refractivity contribution in [1.82, 2.24) is 9.97 Å². The largest absolute Gasteiger partial charge is 0.386 e. The minimum atomic E-state index is -0.586. The molecule has 1 aliphatic heterocycles. The molecule has 0 unspecified atom stereocenters. The number of β-amino-alcohol motifs (C(OH)–C–C–N with tert-alkyl or cyclic N) is 1. The minimum Gasteiger partial charge on any atom is -0.386 e. The second kappa shape index (κ2) is 3.18. The van der Waals surface area contributed by atoms with Gasteiger partial charge in [0.25, 0.3) is 0 Å². The summed E-state index contributed by atoms with van der Waals surface area (Å²) in [4.78, 5) is 10.1. The maximum Gasteiger partial charge on any atom is 0.136 e. The van der Waals surface area contributed by atoms with Crippen LogP contribution >= 0.6 is 0 Å². The Hall–Kier alpha value is -1.20. The van der Waals surface area contributed by atoms with Crippen LogP contribution in [0.5, 0.6) is 0 Å². The molecule has 0 saturated carbocycles. The molecule has 0 spiro atoms. The molecule has 0 radical (unpaired) electrons. The zero-order chi connectivity index (χ0) is 10.2. The van der Waals surface area contributed by atoms with E-state index in [1.54, 1.807) is 6.20 Å². The lowest BCUT2D eigenvalue weighted by Crippen LogP contribution is -2.60. The van der Waals surface area contributed by atoms with Gasteiger partial charge in [0.15, 0.2) is 0 Å². The number of rotatable bonds is 2. The van der Waals surface area contributed by atoms with Gasteiger partial charge in [-0.25, -0.2) is 9.97 Å². The summed E-state index contributed by atoms with van der Waals surface area (Å²) in [7, 11) is 0. The number of aromatic nitrogens is 2. The topological polar surface area (TPSA) is 75.3 Å². The summed E-state index contributed by atoms with van der Waals surface area (Å²) in [5.74, 6) is 0.842. The maximum atomic E-state index is 9.59. The summed E-state index contributed by atoms with van der Waals surface area (Å²) in [5.41, 5.74) is 5.90. The smallest absolute Gasteiger partial charge is 0.136 e. The molecule has 0 aromatic carbocycles. The molecule has 1 aromatic rings. The van der Waals surface area contributed by atoms with Gasteiger partial charge in [-0.1, -0.05) is 0 Å². The first-order chi connectivity index (χ1) is 6.62. The highest BCUT2D eigenvalue weighted by Crippen LogP contribution is 2.27. The fraction of sp³-hybridized carbons (Fsp3) is 0.556. The third kappa shape index (κ3) is 1.56. The zero-order valence-corrected chi connectivity index (χ0v) is 8.14. The van der Waals surface area contributed by atoms with Crippen LogP contribution < -0.4 is 10.6 Å². The molecule has 2 rings (SSSR count). The monoisotopic (exact) mass is 194 g/mol. The second-order valence-electron chi connectivity index (χ2n) is 3.93.